The van der Waals surface area contributed by atoms with Crippen LogP contribution in [0.2, 0.25) is 0 Å². The fourth-order valence-electron chi connectivity index (χ4n) is 3.14. The van der Waals surface area contributed by atoms with Gasteiger partial charge in [0.05, 0.1) is 17.5 Å². The summed E-state index contributed by atoms with van der Waals surface area (Å²) in [5.41, 5.74) is 8.33. The topological polar surface area (TPSA) is 77.0 Å². The third-order valence-electron chi connectivity index (χ3n) is 4.35. The summed E-state index contributed by atoms with van der Waals surface area (Å²) in [5, 5.41) is 5.37. The third kappa shape index (κ3) is 3.70. The van der Waals surface area contributed by atoms with Crippen LogP contribution in [0.25, 0.3) is 11.0 Å². The van der Waals surface area contributed by atoms with Gasteiger partial charge in [-0.25, -0.2) is 9.67 Å². The van der Waals surface area contributed by atoms with Gasteiger partial charge in [0.1, 0.15) is 0 Å². The van der Waals surface area contributed by atoms with Gasteiger partial charge < -0.3 is 10.6 Å². The maximum Gasteiger partial charge on any atom is 0.255 e. The predicted octanol–water partition coefficient (Wildman–Crippen LogP) is 2.39. The van der Waals surface area contributed by atoms with E-state index in [-0.39, 0.29) is 24.4 Å². The van der Waals surface area contributed by atoms with Crippen molar-refractivity contribution in [1.29, 1.82) is 0 Å². The second-order valence-corrected chi connectivity index (χ2v) is 6.42. The van der Waals surface area contributed by atoms with Crippen molar-refractivity contribution < 1.29 is 4.79 Å². The number of aryl methyl sites for hydroxylation is 1. The molecule has 0 aliphatic carbocycles. The van der Waals surface area contributed by atoms with E-state index in [1.807, 2.05) is 22.6 Å². The molecule has 1 unspecified atom stereocenters. The van der Waals surface area contributed by atoms with Crippen LogP contribution in [0, 0.1) is 0 Å². The molecule has 3 rings (SSSR count). The van der Waals surface area contributed by atoms with E-state index in [0.717, 1.165) is 67.6 Å². The average molecular weight is 352 g/mol. The Hall–Kier alpha value is -1.66. The summed E-state index contributed by atoms with van der Waals surface area (Å²) >= 11 is 0. The average Bonchev–Trinajstić information content (AvgIpc) is 2.91. The van der Waals surface area contributed by atoms with Crippen LogP contribution in [0.4, 0.5) is 0 Å². The number of halogens is 1. The van der Waals surface area contributed by atoms with Crippen molar-refractivity contribution in [3.63, 3.8) is 0 Å². The summed E-state index contributed by atoms with van der Waals surface area (Å²) < 4.78 is 1.93. The third-order valence-corrected chi connectivity index (χ3v) is 4.35. The highest BCUT2D eigenvalue weighted by atomic mass is 35.5. The van der Waals surface area contributed by atoms with E-state index < -0.39 is 0 Å². The van der Waals surface area contributed by atoms with Crippen LogP contribution >= 0.6 is 12.4 Å². The number of carbonyl (C=O) groups excluding carboxylic acids is 1. The molecule has 1 aliphatic rings. The number of rotatable bonds is 6. The lowest BCUT2D eigenvalue weighted by Crippen LogP contribution is -2.38. The van der Waals surface area contributed by atoms with Gasteiger partial charge in [-0.1, -0.05) is 6.92 Å². The van der Waals surface area contributed by atoms with Gasteiger partial charge in [-0.15, -0.1) is 12.4 Å². The second-order valence-electron chi connectivity index (χ2n) is 6.42. The first-order chi connectivity index (χ1) is 11.1. The van der Waals surface area contributed by atoms with E-state index in [1.165, 1.54) is 0 Å². The zero-order chi connectivity index (χ0) is 16.4. The van der Waals surface area contributed by atoms with Crippen LogP contribution in [0.3, 0.4) is 0 Å². The number of hydrogen-bond acceptors (Lipinski definition) is 4. The molecule has 0 spiro atoms. The number of aromatic nitrogens is 3. The molecule has 1 amide bonds. The van der Waals surface area contributed by atoms with E-state index in [1.54, 1.807) is 6.20 Å². The molecule has 24 heavy (non-hydrogen) atoms. The molecule has 1 atom stereocenters. The number of fused-ring (bicyclic) bond motifs is 2. The van der Waals surface area contributed by atoms with Gasteiger partial charge in [0.15, 0.2) is 5.65 Å². The summed E-state index contributed by atoms with van der Waals surface area (Å²) in [6.45, 7) is 6.50. The fraction of sp³-hybridized carbons (Fsp3) is 0.588. The quantitative estimate of drug-likeness (QED) is 0.866. The molecule has 3 heterocycles. The normalized spacial score (nSPS) is 15.3. The standard InChI is InChI=1S/C17H25N5O.ClH/c1-3-7-21-9-6-15-14(17(21)23)10-13-11-19-22(16(13)20-15)8-4-5-12(2)18;/h10-12H,3-9,18H2,1-2H3;1H. The maximum absolute atomic E-state index is 12.5. The van der Waals surface area contributed by atoms with Crippen LogP contribution in [0.1, 0.15) is 49.2 Å². The van der Waals surface area contributed by atoms with Crippen LogP contribution in [-0.4, -0.2) is 44.7 Å². The zero-order valence-corrected chi connectivity index (χ0v) is 15.2. The van der Waals surface area contributed by atoms with Crippen molar-refractivity contribution in [3.8, 4) is 0 Å². The molecule has 2 aromatic heterocycles. The van der Waals surface area contributed by atoms with Crippen LogP contribution in [-0.2, 0) is 13.0 Å². The van der Waals surface area contributed by atoms with Crippen LogP contribution in [0.5, 0.6) is 0 Å². The van der Waals surface area contributed by atoms with Crippen LogP contribution < -0.4 is 5.73 Å². The second kappa shape index (κ2) is 7.94. The molecular weight excluding hydrogens is 326 g/mol. The Balaban J connectivity index is 0.00000208. The number of nitrogens with two attached hydrogens (primary N) is 1. The van der Waals surface area contributed by atoms with Crippen LogP contribution in [0.15, 0.2) is 12.3 Å². The minimum absolute atomic E-state index is 0. The first-order valence-electron chi connectivity index (χ1n) is 8.50. The lowest BCUT2D eigenvalue weighted by molar-refractivity contribution is 0.0738. The summed E-state index contributed by atoms with van der Waals surface area (Å²) in [7, 11) is 0. The van der Waals surface area contributed by atoms with Gasteiger partial charge in [0.25, 0.3) is 5.91 Å². The van der Waals surface area contributed by atoms with E-state index in [9.17, 15) is 4.79 Å². The molecule has 0 aromatic carbocycles. The molecule has 0 bridgehead atoms. The minimum Gasteiger partial charge on any atom is -0.338 e. The van der Waals surface area contributed by atoms with Gasteiger partial charge in [0, 0.05) is 37.5 Å². The van der Waals surface area contributed by atoms with E-state index >= 15 is 0 Å². The highest BCUT2D eigenvalue weighted by molar-refractivity contribution is 5.99. The van der Waals surface area contributed by atoms with Gasteiger partial charge >= 0.3 is 0 Å². The van der Waals surface area contributed by atoms with Gasteiger partial charge in [-0.2, -0.15) is 5.10 Å². The Morgan fingerprint density at radius 2 is 2.17 bits per heavy atom. The molecule has 0 fully saturated rings. The van der Waals surface area contributed by atoms with E-state index in [2.05, 4.69) is 12.0 Å². The van der Waals surface area contributed by atoms with Crippen molar-refractivity contribution >= 4 is 29.3 Å². The molecule has 1 aliphatic heterocycles. The van der Waals surface area contributed by atoms with Gasteiger partial charge in [-0.05, 0) is 32.3 Å². The van der Waals surface area contributed by atoms with Crippen molar-refractivity contribution in [2.75, 3.05) is 13.1 Å². The number of carbonyl (C=O) groups is 1. The SMILES string of the molecule is CCCN1CCc2nc3c(cnn3CCCC(C)N)cc2C1=O.Cl. The molecule has 132 valence electrons. The number of hydrogen-bond donors (Lipinski definition) is 1. The maximum atomic E-state index is 12.5. The van der Waals surface area contributed by atoms with Crippen molar-refractivity contribution in [3.05, 3.63) is 23.5 Å². The molecule has 2 aromatic rings. The number of pyridine rings is 1. The molecule has 2 N–H and O–H groups in total. The van der Waals surface area contributed by atoms with Gasteiger partial charge in [0.2, 0.25) is 0 Å². The van der Waals surface area contributed by atoms with Crippen molar-refractivity contribution in [2.45, 2.75) is 52.1 Å². The summed E-state index contributed by atoms with van der Waals surface area (Å²) in [6.07, 6.45) is 5.56. The minimum atomic E-state index is 0. The van der Waals surface area contributed by atoms with E-state index in [0.29, 0.717) is 0 Å². The molecule has 0 saturated carbocycles. The van der Waals surface area contributed by atoms with Gasteiger partial charge in [-0.3, -0.25) is 4.79 Å². The molecule has 0 saturated heterocycles. The number of amides is 1. The lowest BCUT2D eigenvalue weighted by atomic mass is 10.0. The molecule has 0 radical (unpaired) electrons. The first-order valence-corrected chi connectivity index (χ1v) is 8.50. The van der Waals surface area contributed by atoms with Crippen molar-refractivity contribution in [1.82, 2.24) is 19.7 Å². The molecule has 7 heteroatoms. The summed E-state index contributed by atoms with van der Waals surface area (Å²) in [6, 6.07) is 2.16. The Labute approximate surface area is 148 Å². The summed E-state index contributed by atoms with van der Waals surface area (Å²) in [5.74, 6) is 0.104. The fourth-order valence-corrected chi connectivity index (χ4v) is 3.14. The predicted molar refractivity (Wildman–Crippen MR) is 97.6 cm³/mol. The highest BCUT2D eigenvalue weighted by Crippen LogP contribution is 2.23. The Kier molecular flexibility index (Phi) is 6.18. The summed E-state index contributed by atoms with van der Waals surface area (Å²) in [4.78, 5) is 19.2. The Morgan fingerprint density at radius 3 is 2.88 bits per heavy atom. The monoisotopic (exact) mass is 351 g/mol. The molecular formula is C17H26ClN5O. The smallest absolute Gasteiger partial charge is 0.255 e. The first kappa shape index (κ1) is 18.7. The largest absolute Gasteiger partial charge is 0.338 e. The van der Waals surface area contributed by atoms with Crippen molar-refractivity contribution in [2.24, 2.45) is 5.73 Å². The Morgan fingerprint density at radius 1 is 1.38 bits per heavy atom. The lowest BCUT2D eigenvalue weighted by Gasteiger charge is -2.27. The highest BCUT2D eigenvalue weighted by Gasteiger charge is 2.25. The number of nitrogens with zero attached hydrogens (tertiary/aromatic N) is 4. The molecule has 6 nitrogen and oxygen atoms in total. The zero-order valence-electron chi connectivity index (χ0n) is 14.4. The van der Waals surface area contributed by atoms with E-state index in [4.69, 9.17) is 10.7 Å². The Bertz CT molecular complexity index is 712.